The first-order chi connectivity index (χ1) is 41.4. The molecule has 0 fully saturated rings. The normalized spacial score (nSPS) is 14.2. The fourth-order valence-corrected chi connectivity index (χ4v) is 15.4. The van der Waals surface area contributed by atoms with Crippen LogP contribution in [-0.4, -0.2) is 34.7 Å². The first kappa shape index (κ1) is 73.4. The average Bonchev–Trinajstić information content (AvgIpc) is 3.06. The molecule has 2 atom stereocenters. The van der Waals surface area contributed by atoms with Crippen LogP contribution >= 0.6 is 22.7 Å². The molecular formula is C78H128N2O2S2. The number of nitrogens with zero attached hydrogens (tertiary/aromatic N) is 2. The van der Waals surface area contributed by atoms with Crippen LogP contribution in [0.25, 0.3) is 11.4 Å². The van der Waals surface area contributed by atoms with Crippen LogP contribution in [-0.2, 0) is 9.59 Å². The fraction of sp³-hybridized carbons (Fsp3) is 0.769. The fourth-order valence-electron chi connectivity index (χ4n) is 13.6. The van der Waals surface area contributed by atoms with Crippen molar-refractivity contribution in [3.05, 3.63) is 54.9 Å². The van der Waals surface area contributed by atoms with Gasteiger partial charge < -0.3 is 9.80 Å². The molecule has 2 amide bonds. The third kappa shape index (κ3) is 29.8. The first-order valence-corrected chi connectivity index (χ1v) is 38.3. The Hall–Kier alpha value is -3.06. The zero-order valence-electron chi connectivity index (χ0n) is 55.3. The van der Waals surface area contributed by atoms with Crippen molar-refractivity contribution in [2.75, 3.05) is 13.1 Å². The highest BCUT2D eigenvalue weighted by molar-refractivity contribution is 7.14. The van der Waals surface area contributed by atoms with Crippen molar-refractivity contribution in [2.24, 2.45) is 11.8 Å². The molecule has 84 heavy (non-hydrogen) atoms. The van der Waals surface area contributed by atoms with E-state index in [0.29, 0.717) is 36.1 Å². The van der Waals surface area contributed by atoms with Gasteiger partial charge in [-0.15, -0.1) is 35.5 Å². The van der Waals surface area contributed by atoms with E-state index in [9.17, 15) is 0 Å². The summed E-state index contributed by atoms with van der Waals surface area (Å²) in [4.78, 5) is 39.0. The molecular weight excluding hydrogens is 1060 g/mol. The number of unbranched alkanes of at least 4 members (excludes halogenated alkanes) is 44. The summed E-state index contributed by atoms with van der Waals surface area (Å²) in [5, 5.41) is 0. The standard InChI is InChI=1S/C78H128N2O2S2/c1-7-13-17-21-25-29-31-33-35-37-39-41-43-47-51-55-59-67(57-53-49-45-27-23-19-15-9-3)65-79-75(71-63-61-69(11-5)83-71)73-74(77(79)81)76(72-64-62-70(12-6)84-72)80(78(73)82)66-68(58-54-50-46-28-24-20-16-10-4)60-56-52-48-44-42-40-38-36-34-32-30-26-22-18-14-8-2/h5-6,61-64,67-68H,7-10,13-60,65-66H2,1-4H3. The Balaban J connectivity index is 1.48. The first-order valence-electron chi connectivity index (χ1n) is 36.7. The van der Waals surface area contributed by atoms with Crippen molar-refractivity contribution in [1.82, 2.24) is 9.80 Å². The number of amides is 2. The Bertz CT molecular complexity index is 1990. The van der Waals surface area contributed by atoms with Crippen LogP contribution in [0.15, 0.2) is 35.4 Å². The van der Waals surface area contributed by atoms with E-state index < -0.39 is 0 Å². The second-order valence-electron chi connectivity index (χ2n) is 26.3. The van der Waals surface area contributed by atoms with Crippen molar-refractivity contribution in [1.29, 1.82) is 0 Å². The van der Waals surface area contributed by atoms with Gasteiger partial charge in [0.05, 0.1) is 42.0 Å². The lowest BCUT2D eigenvalue weighted by Gasteiger charge is -2.29. The van der Waals surface area contributed by atoms with Crippen LogP contribution in [0.2, 0.25) is 0 Å². The molecule has 0 spiro atoms. The minimum absolute atomic E-state index is 0.0116. The highest BCUT2D eigenvalue weighted by Gasteiger charge is 2.50. The van der Waals surface area contributed by atoms with Gasteiger partial charge in [0.2, 0.25) is 0 Å². The lowest BCUT2D eigenvalue weighted by Crippen LogP contribution is -2.34. The maximum Gasteiger partial charge on any atom is 0.261 e. The summed E-state index contributed by atoms with van der Waals surface area (Å²) in [6.07, 6.45) is 81.0. The van der Waals surface area contributed by atoms with E-state index in [2.05, 4.69) is 61.5 Å². The topological polar surface area (TPSA) is 40.6 Å². The van der Waals surface area contributed by atoms with E-state index in [0.717, 1.165) is 56.6 Å². The number of carbonyl (C=O) groups excluding carboxylic acids is 2. The largest absolute Gasteiger partial charge is 0.306 e. The molecule has 0 radical (unpaired) electrons. The quantitative estimate of drug-likeness (QED) is 0.0489. The molecule has 2 aromatic rings. The number of hydrogen-bond acceptors (Lipinski definition) is 4. The summed E-state index contributed by atoms with van der Waals surface area (Å²) >= 11 is 3.10. The molecule has 0 aromatic carbocycles. The van der Waals surface area contributed by atoms with Crippen molar-refractivity contribution >= 4 is 45.9 Å². The lowest BCUT2D eigenvalue weighted by molar-refractivity contribution is -0.124. The molecule has 474 valence electrons. The van der Waals surface area contributed by atoms with Gasteiger partial charge in [0.15, 0.2) is 0 Å². The summed E-state index contributed by atoms with van der Waals surface area (Å²) < 4.78 is 0. The summed E-state index contributed by atoms with van der Waals surface area (Å²) in [5.74, 6) is 6.46. The second-order valence-corrected chi connectivity index (χ2v) is 28.5. The Morgan fingerprint density at radius 1 is 0.321 bits per heavy atom. The summed E-state index contributed by atoms with van der Waals surface area (Å²) in [6, 6.07) is 8.16. The number of thiophene rings is 2. The molecule has 2 unspecified atom stereocenters. The molecule has 2 aliphatic heterocycles. The van der Waals surface area contributed by atoms with E-state index in [-0.39, 0.29) is 11.8 Å². The van der Waals surface area contributed by atoms with Crippen LogP contribution in [0.5, 0.6) is 0 Å². The van der Waals surface area contributed by atoms with Crippen molar-refractivity contribution in [3.8, 4) is 24.7 Å². The molecule has 4 heterocycles. The number of rotatable bonds is 58. The molecule has 0 saturated carbocycles. The van der Waals surface area contributed by atoms with Gasteiger partial charge in [-0.25, -0.2) is 0 Å². The van der Waals surface area contributed by atoms with Crippen molar-refractivity contribution < 1.29 is 9.59 Å². The highest BCUT2D eigenvalue weighted by Crippen LogP contribution is 2.50. The smallest absolute Gasteiger partial charge is 0.261 e. The molecule has 0 N–H and O–H groups in total. The van der Waals surface area contributed by atoms with E-state index in [1.165, 1.54) is 308 Å². The molecule has 2 aromatic heterocycles. The van der Waals surface area contributed by atoms with Crippen LogP contribution in [0.4, 0.5) is 0 Å². The van der Waals surface area contributed by atoms with E-state index in [4.69, 9.17) is 12.8 Å². The van der Waals surface area contributed by atoms with Gasteiger partial charge in [0.25, 0.3) is 11.8 Å². The van der Waals surface area contributed by atoms with Gasteiger partial charge in [-0.3, -0.25) is 9.59 Å². The monoisotopic (exact) mass is 1190 g/mol. The third-order valence-corrected chi connectivity index (χ3v) is 20.9. The Morgan fingerprint density at radius 3 is 0.714 bits per heavy atom. The third-order valence-electron chi connectivity index (χ3n) is 18.9. The van der Waals surface area contributed by atoms with Crippen LogP contribution in [0.3, 0.4) is 0 Å². The van der Waals surface area contributed by atoms with Crippen molar-refractivity contribution in [2.45, 2.75) is 362 Å². The zero-order chi connectivity index (χ0) is 59.9. The molecule has 4 nitrogen and oxygen atoms in total. The lowest BCUT2D eigenvalue weighted by atomic mass is 9.93. The average molecular weight is 1190 g/mol. The van der Waals surface area contributed by atoms with E-state index in [1.807, 2.05) is 12.1 Å². The van der Waals surface area contributed by atoms with Gasteiger partial charge >= 0.3 is 0 Å². The SMILES string of the molecule is C#Cc1ccc(C2=C3C(=O)N(CC(CCCCCCCCCC)CCCCCCCCCCCCCCCCCC)C(c4ccc(C#C)s4)=C3C(=O)N2CC(CCCCCCCCCC)CCCCCCCCCCCCCCCCCC)s1. The number of terminal acetylenes is 2. The summed E-state index contributed by atoms with van der Waals surface area (Å²) in [6.45, 7) is 10.5. The van der Waals surface area contributed by atoms with Crippen LogP contribution < -0.4 is 0 Å². The summed E-state index contributed by atoms with van der Waals surface area (Å²) in [7, 11) is 0. The Labute approximate surface area is 528 Å². The predicted molar refractivity (Wildman–Crippen MR) is 372 cm³/mol. The van der Waals surface area contributed by atoms with Gasteiger partial charge in [-0.05, 0) is 61.8 Å². The van der Waals surface area contributed by atoms with Gasteiger partial charge in [0, 0.05) is 13.1 Å². The van der Waals surface area contributed by atoms with Crippen LogP contribution in [0, 0.1) is 36.5 Å². The maximum absolute atomic E-state index is 15.7. The predicted octanol–water partition coefficient (Wildman–Crippen LogP) is 25.2. The number of hydrogen-bond donors (Lipinski definition) is 0. The maximum atomic E-state index is 15.7. The number of carbonyl (C=O) groups is 2. The van der Waals surface area contributed by atoms with E-state index >= 15 is 9.59 Å². The highest BCUT2D eigenvalue weighted by atomic mass is 32.1. The molecule has 4 rings (SSSR count). The van der Waals surface area contributed by atoms with E-state index in [1.54, 1.807) is 22.7 Å². The van der Waals surface area contributed by atoms with Crippen LogP contribution in [0.1, 0.15) is 381 Å². The Morgan fingerprint density at radius 2 is 0.524 bits per heavy atom. The zero-order valence-corrected chi connectivity index (χ0v) is 57.0. The molecule has 0 aliphatic carbocycles. The second kappa shape index (κ2) is 48.9. The molecule has 6 heteroatoms. The van der Waals surface area contributed by atoms with Gasteiger partial charge in [0.1, 0.15) is 0 Å². The van der Waals surface area contributed by atoms with Gasteiger partial charge in [-0.2, -0.15) is 0 Å². The molecule has 0 bridgehead atoms. The number of fused-ring (bicyclic) bond motifs is 1. The minimum atomic E-state index is -0.0116. The summed E-state index contributed by atoms with van der Waals surface area (Å²) in [5.41, 5.74) is 2.78. The Kier molecular flexibility index (Phi) is 42.7. The van der Waals surface area contributed by atoms with Crippen molar-refractivity contribution in [3.63, 3.8) is 0 Å². The minimum Gasteiger partial charge on any atom is -0.306 e. The molecule has 2 aliphatic rings. The van der Waals surface area contributed by atoms with Gasteiger partial charge in [-0.1, -0.05) is 348 Å². The molecule has 0 saturated heterocycles.